The van der Waals surface area contributed by atoms with Crippen LogP contribution in [0.15, 0.2) is 24.3 Å². The highest BCUT2D eigenvalue weighted by Gasteiger charge is 2.41. The van der Waals surface area contributed by atoms with Crippen molar-refractivity contribution in [3.8, 4) is 0 Å². The molecule has 0 amide bonds. The highest BCUT2D eigenvalue weighted by atomic mass is 16.5. The number of carbonyl (C=O) groups excluding carboxylic acids is 2. The maximum atomic E-state index is 11.0. The number of carbonyl (C=O) groups is 2. The molecular formula is C8H8O4. The van der Waals surface area contributed by atoms with Crippen molar-refractivity contribution in [1.29, 1.82) is 0 Å². The molecule has 0 spiro atoms. The third-order valence-corrected chi connectivity index (χ3v) is 1.57. The maximum Gasteiger partial charge on any atom is 0.350 e. The van der Waals surface area contributed by atoms with Gasteiger partial charge in [0.05, 0.1) is 7.11 Å². The summed E-state index contributed by atoms with van der Waals surface area (Å²) in [4.78, 5) is 21.9. The molecule has 1 N–H and O–H groups in total. The van der Waals surface area contributed by atoms with Crippen LogP contribution in [0.25, 0.3) is 0 Å². The highest BCUT2D eigenvalue weighted by Crippen LogP contribution is 2.15. The molecule has 1 aliphatic rings. The van der Waals surface area contributed by atoms with Gasteiger partial charge in [-0.25, -0.2) is 4.79 Å². The normalized spacial score (nSPS) is 27.3. The molecule has 0 heterocycles. The lowest BCUT2D eigenvalue weighted by Crippen LogP contribution is -2.45. The number of hydrogen-bond acceptors (Lipinski definition) is 4. The quantitative estimate of drug-likeness (QED) is 0.427. The van der Waals surface area contributed by atoms with Crippen molar-refractivity contribution in [1.82, 2.24) is 0 Å². The van der Waals surface area contributed by atoms with E-state index in [0.717, 1.165) is 19.3 Å². The summed E-state index contributed by atoms with van der Waals surface area (Å²) in [6.07, 6.45) is 5.08. The molecule has 1 aliphatic carbocycles. The fraction of sp³-hybridized carbons (Fsp3) is 0.250. The summed E-state index contributed by atoms with van der Waals surface area (Å²) in [6, 6.07) is 0. The van der Waals surface area contributed by atoms with Crippen LogP contribution in [0.5, 0.6) is 0 Å². The van der Waals surface area contributed by atoms with E-state index in [1.54, 1.807) is 0 Å². The summed E-state index contributed by atoms with van der Waals surface area (Å²) in [7, 11) is 1.11. The van der Waals surface area contributed by atoms with Crippen LogP contribution in [-0.2, 0) is 14.3 Å². The first-order valence-electron chi connectivity index (χ1n) is 3.32. The van der Waals surface area contributed by atoms with Gasteiger partial charge in [0.15, 0.2) is 0 Å². The number of methoxy groups -OCH3 is 1. The van der Waals surface area contributed by atoms with Gasteiger partial charge in [-0.2, -0.15) is 0 Å². The first-order chi connectivity index (χ1) is 5.61. The molecule has 0 fully saturated rings. The molecule has 1 rings (SSSR count). The van der Waals surface area contributed by atoms with Gasteiger partial charge in [0, 0.05) is 0 Å². The van der Waals surface area contributed by atoms with Gasteiger partial charge < -0.3 is 9.84 Å². The number of ether oxygens (including phenoxy) is 1. The molecule has 12 heavy (non-hydrogen) atoms. The topological polar surface area (TPSA) is 63.6 Å². The van der Waals surface area contributed by atoms with Gasteiger partial charge >= 0.3 is 5.97 Å². The molecule has 0 aromatic rings. The Bertz CT molecular complexity index is 277. The molecule has 64 valence electrons. The van der Waals surface area contributed by atoms with Crippen LogP contribution in [0.4, 0.5) is 0 Å². The van der Waals surface area contributed by atoms with Crippen molar-refractivity contribution >= 4 is 11.8 Å². The molecule has 0 saturated carbocycles. The van der Waals surface area contributed by atoms with Gasteiger partial charge in [-0.05, 0) is 12.2 Å². The van der Waals surface area contributed by atoms with Gasteiger partial charge in [-0.15, -0.1) is 0 Å². The minimum Gasteiger partial charge on any atom is -0.466 e. The van der Waals surface area contributed by atoms with Crippen molar-refractivity contribution < 1.29 is 19.4 Å². The zero-order valence-electron chi connectivity index (χ0n) is 6.48. The van der Waals surface area contributed by atoms with E-state index in [0.29, 0.717) is 0 Å². The molecule has 0 aromatic carbocycles. The van der Waals surface area contributed by atoms with Crippen LogP contribution in [0.1, 0.15) is 0 Å². The van der Waals surface area contributed by atoms with Crippen molar-refractivity contribution in [3.63, 3.8) is 0 Å². The third-order valence-electron chi connectivity index (χ3n) is 1.57. The second kappa shape index (κ2) is 2.91. The van der Waals surface area contributed by atoms with Crippen LogP contribution >= 0.6 is 0 Å². The number of esters is 1. The first-order valence-corrected chi connectivity index (χ1v) is 3.32. The van der Waals surface area contributed by atoms with E-state index in [2.05, 4.69) is 4.74 Å². The van der Waals surface area contributed by atoms with Gasteiger partial charge in [0.1, 0.15) is 0 Å². The maximum absolute atomic E-state index is 11.0. The van der Waals surface area contributed by atoms with Crippen molar-refractivity contribution in [2.24, 2.45) is 0 Å². The summed E-state index contributed by atoms with van der Waals surface area (Å²) < 4.78 is 4.27. The van der Waals surface area contributed by atoms with Crippen molar-refractivity contribution in [2.75, 3.05) is 7.11 Å². The van der Waals surface area contributed by atoms with Crippen molar-refractivity contribution in [3.05, 3.63) is 24.3 Å². The number of allylic oxidation sites excluding steroid dienone is 2. The van der Waals surface area contributed by atoms with Crippen LogP contribution in [0.3, 0.4) is 0 Å². The predicted molar refractivity (Wildman–Crippen MR) is 40.3 cm³/mol. The standard InChI is InChI=1S/C8H8O4/c1-12-7(10)8(11)5-3-2-4-6(8)9/h2-5,11H,1H3/t8-/m0/s1. The highest BCUT2D eigenvalue weighted by molar-refractivity contribution is 6.14. The summed E-state index contributed by atoms with van der Waals surface area (Å²) >= 11 is 0. The number of rotatable bonds is 1. The Morgan fingerprint density at radius 3 is 2.75 bits per heavy atom. The molecule has 0 aromatic heterocycles. The molecule has 4 heteroatoms. The molecule has 4 nitrogen and oxygen atoms in total. The first kappa shape index (κ1) is 8.67. The number of ketones is 1. The Labute approximate surface area is 69.1 Å². The van der Waals surface area contributed by atoms with Gasteiger partial charge in [-0.1, -0.05) is 12.2 Å². The average Bonchev–Trinajstić information content (AvgIpc) is 2.09. The molecule has 0 radical (unpaired) electrons. The summed E-state index contributed by atoms with van der Waals surface area (Å²) in [5.74, 6) is -1.65. The van der Waals surface area contributed by atoms with Gasteiger partial charge in [0.2, 0.25) is 11.4 Å². The fourth-order valence-electron chi connectivity index (χ4n) is 0.871. The Morgan fingerprint density at radius 1 is 1.58 bits per heavy atom. The Morgan fingerprint density at radius 2 is 2.25 bits per heavy atom. The lowest BCUT2D eigenvalue weighted by atomic mass is 9.94. The molecular weight excluding hydrogens is 160 g/mol. The molecule has 0 aliphatic heterocycles. The van der Waals surface area contributed by atoms with Crippen LogP contribution < -0.4 is 0 Å². The Kier molecular flexibility index (Phi) is 2.10. The molecule has 0 bridgehead atoms. The summed E-state index contributed by atoms with van der Waals surface area (Å²) in [5.41, 5.74) is -2.12. The van der Waals surface area contributed by atoms with E-state index in [9.17, 15) is 14.7 Å². The zero-order valence-corrected chi connectivity index (χ0v) is 6.48. The third kappa shape index (κ3) is 1.16. The Balaban J connectivity index is 2.98. The lowest BCUT2D eigenvalue weighted by Gasteiger charge is -2.19. The summed E-state index contributed by atoms with van der Waals surface area (Å²) in [6.45, 7) is 0. The zero-order chi connectivity index (χ0) is 9.19. The lowest BCUT2D eigenvalue weighted by molar-refractivity contribution is -0.161. The van der Waals surface area contributed by atoms with E-state index in [1.165, 1.54) is 12.2 Å². The second-order valence-corrected chi connectivity index (χ2v) is 2.34. The van der Waals surface area contributed by atoms with E-state index in [-0.39, 0.29) is 0 Å². The molecule has 0 unspecified atom stereocenters. The predicted octanol–water partition coefficient (Wildman–Crippen LogP) is -0.414. The van der Waals surface area contributed by atoms with Crippen molar-refractivity contribution in [2.45, 2.75) is 5.60 Å². The van der Waals surface area contributed by atoms with E-state index >= 15 is 0 Å². The fourth-order valence-corrected chi connectivity index (χ4v) is 0.871. The average molecular weight is 168 g/mol. The van der Waals surface area contributed by atoms with Gasteiger partial charge in [0.25, 0.3) is 0 Å². The Hall–Kier alpha value is -1.42. The van der Waals surface area contributed by atoms with E-state index < -0.39 is 17.4 Å². The van der Waals surface area contributed by atoms with Crippen LogP contribution in [0.2, 0.25) is 0 Å². The van der Waals surface area contributed by atoms with E-state index in [1.807, 2.05) is 0 Å². The molecule has 0 saturated heterocycles. The van der Waals surface area contributed by atoms with Crippen LogP contribution in [-0.4, -0.2) is 29.6 Å². The number of hydrogen-bond donors (Lipinski definition) is 1. The van der Waals surface area contributed by atoms with Crippen LogP contribution in [0, 0.1) is 0 Å². The minimum absolute atomic E-state index is 0.683. The monoisotopic (exact) mass is 168 g/mol. The summed E-state index contributed by atoms with van der Waals surface area (Å²) in [5, 5.41) is 9.45. The molecule has 1 atom stereocenters. The largest absolute Gasteiger partial charge is 0.466 e. The second-order valence-electron chi connectivity index (χ2n) is 2.34. The number of aliphatic hydroxyl groups is 1. The SMILES string of the molecule is COC(=O)[C@]1(O)C=CC=CC1=O. The smallest absolute Gasteiger partial charge is 0.350 e. The van der Waals surface area contributed by atoms with Gasteiger partial charge in [-0.3, -0.25) is 4.79 Å². The minimum atomic E-state index is -2.12. The van der Waals surface area contributed by atoms with E-state index in [4.69, 9.17) is 0 Å².